The molecule has 1 saturated carbocycles. The van der Waals surface area contributed by atoms with Crippen molar-refractivity contribution < 1.29 is 9.90 Å². The summed E-state index contributed by atoms with van der Waals surface area (Å²) in [6.07, 6.45) is 3.24. The number of carbonyl (C=O) groups excluding carboxylic acids is 1. The number of aromatic nitrogens is 3. The van der Waals surface area contributed by atoms with E-state index in [2.05, 4.69) is 10.3 Å². The van der Waals surface area contributed by atoms with Gasteiger partial charge in [0, 0.05) is 5.92 Å². The zero-order valence-corrected chi connectivity index (χ0v) is 8.39. The quantitative estimate of drug-likeness (QED) is 0.709. The molecule has 1 aromatic rings. The van der Waals surface area contributed by atoms with E-state index in [4.69, 9.17) is 10.8 Å². The van der Waals surface area contributed by atoms with Crippen molar-refractivity contribution in [2.45, 2.75) is 31.7 Å². The third-order valence-electron chi connectivity index (χ3n) is 2.81. The molecule has 2 rings (SSSR count). The van der Waals surface area contributed by atoms with E-state index in [-0.39, 0.29) is 12.3 Å². The highest BCUT2D eigenvalue weighted by molar-refractivity contribution is 5.92. The molecule has 82 valence electrons. The molecule has 1 aromatic heterocycles. The fourth-order valence-corrected chi connectivity index (χ4v) is 1.84. The minimum Gasteiger partial charge on any atom is -0.394 e. The zero-order valence-electron chi connectivity index (χ0n) is 8.39. The van der Waals surface area contributed by atoms with Gasteiger partial charge in [-0.2, -0.15) is 0 Å². The Balaban J connectivity index is 2.34. The first-order chi connectivity index (χ1) is 7.24. The van der Waals surface area contributed by atoms with Crippen molar-refractivity contribution in [1.29, 1.82) is 0 Å². The number of carbonyl (C=O) groups is 1. The molecule has 6 nitrogen and oxygen atoms in total. The summed E-state index contributed by atoms with van der Waals surface area (Å²) < 4.78 is 1.59. The van der Waals surface area contributed by atoms with Gasteiger partial charge < -0.3 is 10.8 Å². The summed E-state index contributed by atoms with van der Waals surface area (Å²) in [4.78, 5) is 11.1. The van der Waals surface area contributed by atoms with Crippen molar-refractivity contribution in [3.05, 3.63) is 11.4 Å². The van der Waals surface area contributed by atoms with Crippen LogP contribution < -0.4 is 5.73 Å². The van der Waals surface area contributed by atoms with E-state index >= 15 is 0 Å². The summed E-state index contributed by atoms with van der Waals surface area (Å²) in [5.74, 6) is -0.213. The maximum absolute atomic E-state index is 11.1. The fraction of sp³-hybridized carbons (Fsp3) is 0.667. The number of aliphatic hydroxyl groups excluding tert-OH is 1. The molecular formula is C9H14N4O2. The third-order valence-corrected chi connectivity index (χ3v) is 2.81. The van der Waals surface area contributed by atoms with Crippen LogP contribution in [0.3, 0.4) is 0 Å². The van der Waals surface area contributed by atoms with Gasteiger partial charge >= 0.3 is 0 Å². The van der Waals surface area contributed by atoms with Crippen LogP contribution in [0, 0.1) is 0 Å². The maximum atomic E-state index is 11.1. The summed E-state index contributed by atoms with van der Waals surface area (Å²) in [7, 11) is 0. The highest BCUT2D eigenvalue weighted by Gasteiger charge is 2.29. The molecule has 0 saturated heterocycles. The summed E-state index contributed by atoms with van der Waals surface area (Å²) >= 11 is 0. The number of amides is 1. The lowest BCUT2D eigenvalue weighted by molar-refractivity contribution is 0.0993. The average Bonchev–Trinajstić information content (AvgIpc) is 2.47. The SMILES string of the molecule is NC(=O)c1nnn(CCO)c1C1CCC1. The minimum atomic E-state index is -0.541. The number of nitrogens with two attached hydrogens (primary N) is 1. The van der Waals surface area contributed by atoms with E-state index in [0.717, 1.165) is 25.0 Å². The van der Waals surface area contributed by atoms with Gasteiger partial charge in [-0.3, -0.25) is 4.79 Å². The van der Waals surface area contributed by atoms with Gasteiger partial charge in [0.2, 0.25) is 0 Å². The number of rotatable bonds is 4. The van der Waals surface area contributed by atoms with Crippen LogP contribution in [0.1, 0.15) is 41.4 Å². The average molecular weight is 210 g/mol. The van der Waals surface area contributed by atoms with Gasteiger partial charge in [0.25, 0.3) is 5.91 Å². The Hall–Kier alpha value is -1.43. The number of primary amides is 1. The Morgan fingerprint density at radius 2 is 2.33 bits per heavy atom. The molecule has 3 N–H and O–H groups in total. The van der Waals surface area contributed by atoms with Crippen molar-refractivity contribution in [1.82, 2.24) is 15.0 Å². The van der Waals surface area contributed by atoms with Crippen LogP contribution in [-0.2, 0) is 6.54 Å². The first-order valence-corrected chi connectivity index (χ1v) is 5.08. The van der Waals surface area contributed by atoms with Crippen molar-refractivity contribution >= 4 is 5.91 Å². The highest BCUT2D eigenvalue weighted by Crippen LogP contribution is 2.37. The van der Waals surface area contributed by atoms with E-state index < -0.39 is 5.91 Å². The molecule has 0 bridgehead atoms. The second kappa shape index (κ2) is 3.98. The fourth-order valence-electron chi connectivity index (χ4n) is 1.84. The number of nitrogens with zero attached hydrogens (tertiary/aromatic N) is 3. The topological polar surface area (TPSA) is 94.0 Å². The zero-order chi connectivity index (χ0) is 10.8. The number of hydrogen-bond donors (Lipinski definition) is 2. The van der Waals surface area contributed by atoms with Gasteiger partial charge in [0.1, 0.15) is 0 Å². The molecule has 1 fully saturated rings. The predicted molar refractivity (Wildman–Crippen MR) is 52.2 cm³/mol. The Morgan fingerprint density at radius 1 is 1.60 bits per heavy atom. The molecule has 0 atom stereocenters. The van der Waals surface area contributed by atoms with Crippen molar-refractivity contribution in [2.75, 3.05) is 6.61 Å². The van der Waals surface area contributed by atoms with Crippen LogP contribution in [0.15, 0.2) is 0 Å². The van der Waals surface area contributed by atoms with Gasteiger partial charge in [-0.25, -0.2) is 4.68 Å². The van der Waals surface area contributed by atoms with Crippen molar-refractivity contribution in [3.8, 4) is 0 Å². The van der Waals surface area contributed by atoms with Crippen LogP contribution in [0.25, 0.3) is 0 Å². The van der Waals surface area contributed by atoms with Crippen molar-refractivity contribution in [3.63, 3.8) is 0 Å². The summed E-state index contributed by atoms with van der Waals surface area (Å²) in [6.45, 7) is 0.355. The lowest BCUT2D eigenvalue weighted by Gasteiger charge is -2.26. The van der Waals surface area contributed by atoms with Gasteiger partial charge in [0.05, 0.1) is 18.8 Å². The summed E-state index contributed by atoms with van der Waals surface area (Å²) in [5.41, 5.74) is 6.28. The molecule has 6 heteroatoms. The van der Waals surface area contributed by atoms with Gasteiger partial charge in [-0.15, -0.1) is 5.10 Å². The summed E-state index contributed by atoms with van der Waals surface area (Å²) in [6, 6.07) is 0. The molecule has 1 aliphatic rings. The smallest absolute Gasteiger partial charge is 0.271 e. The highest BCUT2D eigenvalue weighted by atomic mass is 16.3. The Labute approximate surface area is 87.1 Å². The van der Waals surface area contributed by atoms with Gasteiger partial charge in [-0.1, -0.05) is 11.6 Å². The van der Waals surface area contributed by atoms with Crippen LogP contribution in [0.4, 0.5) is 0 Å². The predicted octanol–water partition coefficient (Wildman–Crippen LogP) is -0.363. The largest absolute Gasteiger partial charge is 0.394 e. The van der Waals surface area contributed by atoms with Crippen molar-refractivity contribution in [2.24, 2.45) is 5.73 Å². The normalized spacial score (nSPS) is 16.3. The minimum absolute atomic E-state index is 0.0126. The molecule has 0 spiro atoms. The van der Waals surface area contributed by atoms with E-state index in [0.29, 0.717) is 12.5 Å². The Morgan fingerprint density at radius 3 is 2.80 bits per heavy atom. The first kappa shape index (κ1) is 10.1. The molecule has 1 heterocycles. The lowest BCUT2D eigenvalue weighted by atomic mass is 9.82. The molecule has 1 aliphatic carbocycles. The van der Waals surface area contributed by atoms with Crippen LogP contribution in [0.2, 0.25) is 0 Å². The Bertz CT molecular complexity index is 370. The molecule has 0 unspecified atom stereocenters. The monoisotopic (exact) mass is 210 g/mol. The van der Waals surface area contributed by atoms with Gasteiger partial charge in [-0.05, 0) is 12.8 Å². The Kier molecular flexibility index (Phi) is 2.68. The van der Waals surface area contributed by atoms with Gasteiger partial charge in [0.15, 0.2) is 5.69 Å². The van der Waals surface area contributed by atoms with Crippen LogP contribution in [0.5, 0.6) is 0 Å². The van der Waals surface area contributed by atoms with Crippen LogP contribution >= 0.6 is 0 Å². The van der Waals surface area contributed by atoms with E-state index in [1.807, 2.05) is 0 Å². The van der Waals surface area contributed by atoms with E-state index in [1.54, 1.807) is 4.68 Å². The molecule has 0 aromatic carbocycles. The lowest BCUT2D eigenvalue weighted by Crippen LogP contribution is -2.21. The van der Waals surface area contributed by atoms with Crippen LogP contribution in [-0.4, -0.2) is 32.6 Å². The molecule has 1 amide bonds. The molecular weight excluding hydrogens is 196 g/mol. The molecule has 15 heavy (non-hydrogen) atoms. The number of hydrogen-bond acceptors (Lipinski definition) is 4. The first-order valence-electron chi connectivity index (χ1n) is 5.08. The second-order valence-electron chi connectivity index (χ2n) is 3.76. The number of aliphatic hydroxyl groups is 1. The van der Waals surface area contributed by atoms with E-state index in [1.165, 1.54) is 0 Å². The van der Waals surface area contributed by atoms with E-state index in [9.17, 15) is 4.79 Å². The molecule has 0 radical (unpaired) electrons. The maximum Gasteiger partial charge on any atom is 0.271 e. The summed E-state index contributed by atoms with van der Waals surface area (Å²) in [5, 5.41) is 16.5. The molecule has 0 aliphatic heterocycles. The third kappa shape index (κ3) is 1.72. The standard InChI is InChI=1S/C9H14N4O2/c10-9(15)7-8(6-2-1-3-6)13(4-5-14)12-11-7/h6,14H,1-5H2,(H2,10,15). The second-order valence-corrected chi connectivity index (χ2v) is 3.76.